The van der Waals surface area contributed by atoms with E-state index in [2.05, 4.69) is 19.2 Å². The molecule has 0 saturated carbocycles. The van der Waals surface area contributed by atoms with Crippen molar-refractivity contribution in [2.75, 3.05) is 33.4 Å². The van der Waals surface area contributed by atoms with Crippen LogP contribution in [0, 0.1) is 12.8 Å². The van der Waals surface area contributed by atoms with Gasteiger partial charge in [0.1, 0.15) is 5.75 Å². The monoisotopic (exact) mass is 334 g/mol. The highest BCUT2D eigenvalue weighted by Gasteiger charge is 2.23. The molecule has 1 atom stereocenters. The summed E-state index contributed by atoms with van der Waals surface area (Å²) in [7, 11) is 1.72. The molecule has 1 aliphatic rings. The Kier molecular flexibility index (Phi) is 7.37. The molecule has 0 radical (unpaired) electrons. The van der Waals surface area contributed by atoms with E-state index < -0.39 is 0 Å². The molecular formula is C19H30N2O3. The summed E-state index contributed by atoms with van der Waals surface area (Å²) < 4.78 is 10.9. The van der Waals surface area contributed by atoms with Gasteiger partial charge < -0.3 is 19.7 Å². The van der Waals surface area contributed by atoms with Gasteiger partial charge in [-0.05, 0) is 49.4 Å². The summed E-state index contributed by atoms with van der Waals surface area (Å²) in [6.07, 6.45) is 3.18. The maximum Gasteiger partial charge on any atom is 0.317 e. The number of nitrogens with zero attached hydrogens (tertiary/aromatic N) is 1. The van der Waals surface area contributed by atoms with Crippen LogP contribution in [0.15, 0.2) is 18.2 Å². The molecule has 0 aliphatic carbocycles. The van der Waals surface area contributed by atoms with Crippen molar-refractivity contribution >= 4 is 6.03 Å². The number of nitrogens with one attached hydrogen (secondary N) is 1. The molecule has 1 unspecified atom stereocenters. The van der Waals surface area contributed by atoms with Crippen molar-refractivity contribution < 1.29 is 14.3 Å². The molecule has 0 aromatic heterocycles. The Morgan fingerprint density at radius 2 is 2.25 bits per heavy atom. The molecular weight excluding hydrogens is 304 g/mol. The second kappa shape index (κ2) is 9.52. The predicted molar refractivity (Wildman–Crippen MR) is 95.4 cm³/mol. The average molecular weight is 334 g/mol. The zero-order valence-corrected chi connectivity index (χ0v) is 15.1. The molecule has 1 heterocycles. The molecule has 0 bridgehead atoms. The van der Waals surface area contributed by atoms with E-state index in [0.717, 1.165) is 62.4 Å². The Morgan fingerprint density at radius 3 is 2.96 bits per heavy atom. The lowest BCUT2D eigenvalue weighted by molar-refractivity contribution is 0.100. The van der Waals surface area contributed by atoms with Crippen LogP contribution >= 0.6 is 0 Å². The van der Waals surface area contributed by atoms with Crippen LogP contribution in [-0.4, -0.2) is 44.3 Å². The van der Waals surface area contributed by atoms with Crippen molar-refractivity contribution in [2.24, 2.45) is 5.92 Å². The first-order chi connectivity index (χ1) is 11.6. The summed E-state index contributed by atoms with van der Waals surface area (Å²) in [6.45, 7) is 7.75. The molecule has 1 fully saturated rings. The van der Waals surface area contributed by atoms with Gasteiger partial charge in [0.2, 0.25) is 0 Å². The summed E-state index contributed by atoms with van der Waals surface area (Å²) in [6, 6.07) is 6.05. The van der Waals surface area contributed by atoms with Crippen molar-refractivity contribution in [1.82, 2.24) is 10.2 Å². The fourth-order valence-electron chi connectivity index (χ4n) is 3.08. The van der Waals surface area contributed by atoms with E-state index in [1.54, 1.807) is 7.11 Å². The lowest BCUT2D eigenvalue weighted by Gasteiger charge is -2.32. The van der Waals surface area contributed by atoms with E-state index in [9.17, 15) is 4.79 Å². The van der Waals surface area contributed by atoms with Crippen LogP contribution in [0.25, 0.3) is 0 Å². The smallest absolute Gasteiger partial charge is 0.317 e. The van der Waals surface area contributed by atoms with Crippen molar-refractivity contribution in [3.05, 3.63) is 29.3 Å². The van der Waals surface area contributed by atoms with Crippen LogP contribution in [0.5, 0.6) is 5.75 Å². The normalized spacial score (nSPS) is 17.6. The molecule has 5 heteroatoms. The van der Waals surface area contributed by atoms with Gasteiger partial charge >= 0.3 is 6.03 Å². The first-order valence-corrected chi connectivity index (χ1v) is 8.88. The third-order valence-electron chi connectivity index (χ3n) is 4.43. The van der Waals surface area contributed by atoms with Crippen molar-refractivity contribution in [1.29, 1.82) is 0 Å². The van der Waals surface area contributed by atoms with Gasteiger partial charge in [0.25, 0.3) is 0 Å². The van der Waals surface area contributed by atoms with Gasteiger partial charge in [0, 0.05) is 32.7 Å². The van der Waals surface area contributed by atoms with Gasteiger partial charge in [0.15, 0.2) is 0 Å². The Labute approximate surface area is 145 Å². The Hall–Kier alpha value is -1.75. The van der Waals surface area contributed by atoms with Crippen LogP contribution in [0.4, 0.5) is 4.79 Å². The SMILES string of the molecule is CCCOc1ccc(CNC(=O)N2CCCC(COC)C2)c(C)c1. The summed E-state index contributed by atoms with van der Waals surface area (Å²) >= 11 is 0. The van der Waals surface area contributed by atoms with Crippen LogP contribution < -0.4 is 10.1 Å². The topological polar surface area (TPSA) is 50.8 Å². The van der Waals surface area contributed by atoms with E-state index in [-0.39, 0.29) is 6.03 Å². The molecule has 0 spiro atoms. The number of hydrogen-bond donors (Lipinski definition) is 1. The number of amides is 2. The number of likely N-dealkylation sites (tertiary alicyclic amines) is 1. The van der Waals surface area contributed by atoms with Gasteiger partial charge in [-0.2, -0.15) is 0 Å². The molecule has 1 N–H and O–H groups in total. The molecule has 1 saturated heterocycles. The summed E-state index contributed by atoms with van der Waals surface area (Å²) in [4.78, 5) is 14.3. The molecule has 1 aliphatic heterocycles. The highest BCUT2D eigenvalue weighted by Crippen LogP contribution is 2.19. The number of aryl methyl sites for hydroxylation is 1. The van der Waals surface area contributed by atoms with Gasteiger partial charge in [-0.1, -0.05) is 13.0 Å². The largest absolute Gasteiger partial charge is 0.494 e. The summed E-state index contributed by atoms with van der Waals surface area (Å²) in [5.74, 6) is 1.34. The highest BCUT2D eigenvalue weighted by atomic mass is 16.5. The van der Waals surface area contributed by atoms with Gasteiger partial charge in [-0.15, -0.1) is 0 Å². The van der Waals surface area contributed by atoms with E-state index in [0.29, 0.717) is 12.5 Å². The molecule has 134 valence electrons. The van der Waals surface area contributed by atoms with Crippen molar-refractivity contribution in [2.45, 2.75) is 39.7 Å². The third kappa shape index (κ3) is 5.41. The molecule has 1 aromatic carbocycles. The highest BCUT2D eigenvalue weighted by molar-refractivity contribution is 5.74. The van der Waals surface area contributed by atoms with E-state index in [1.807, 2.05) is 23.1 Å². The number of piperidine rings is 1. The lowest BCUT2D eigenvalue weighted by Crippen LogP contribution is -2.46. The molecule has 2 amide bonds. The van der Waals surface area contributed by atoms with Crippen molar-refractivity contribution in [3.8, 4) is 5.75 Å². The quantitative estimate of drug-likeness (QED) is 0.832. The minimum Gasteiger partial charge on any atom is -0.494 e. The predicted octanol–water partition coefficient (Wildman–Crippen LogP) is 3.35. The Morgan fingerprint density at radius 1 is 1.42 bits per heavy atom. The maximum absolute atomic E-state index is 12.4. The molecule has 5 nitrogen and oxygen atoms in total. The first kappa shape index (κ1) is 18.6. The zero-order chi connectivity index (χ0) is 17.4. The molecule has 24 heavy (non-hydrogen) atoms. The number of carbonyl (C=O) groups excluding carboxylic acids is 1. The van der Waals surface area contributed by atoms with Crippen LogP contribution in [0.1, 0.15) is 37.3 Å². The maximum atomic E-state index is 12.4. The van der Waals surface area contributed by atoms with Gasteiger partial charge in [-0.3, -0.25) is 0 Å². The van der Waals surface area contributed by atoms with Gasteiger partial charge in [0.05, 0.1) is 13.2 Å². The number of hydrogen-bond acceptors (Lipinski definition) is 3. The second-order valence-corrected chi connectivity index (χ2v) is 6.51. The standard InChI is InChI=1S/C19H30N2O3/c1-4-10-24-18-8-7-17(15(2)11-18)12-20-19(22)21-9-5-6-16(13-21)14-23-3/h7-8,11,16H,4-6,9-10,12-14H2,1-3H3,(H,20,22). The first-order valence-electron chi connectivity index (χ1n) is 8.88. The van der Waals surface area contributed by atoms with Crippen molar-refractivity contribution in [3.63, 3.8) is 0 Å². The summed E-state index contributed by atoms with van der Waals surface area (Å²) in [5.41, 5.74) is 2.26. The fraction of sp³-hybridized carbons (Fsp3) is 0.632. The van der Waals surface area contributed by atoms with E-state index in [1.165, 1.54) is 0 Å². The minimum atomic E-state index is 0.0153. The van der Waals surface area contributed by atoms with Crippen LogP contribution in [0.3, 0.4) is 0 Å². The van der Waals surface area contributed by atoms with Gasteiger partial charge in [-0.25, -0.2) is 4.79 Å². The second-order valence-electron chi connectivity index (χ2n) is 6.51. The third-order valence-corrected chi connectivity index (χ3v) is 4.43. The number of benzene rings is 1. The van der Waals surface area contributed by atoms with E-state index in [4.69, 9.17) is 9.47 Å². The molecule has 1 aromatic rings. The Bertz CT molecular complexity index is 531. The van der Waals surface area contributed by atoms with Crippen LogP contribution in [0.2, 0.25) is 0 Å². The number of urea groups is 1. The summed E-state index contributed by atoms with van der Waals surface area (Å²) in [5, 5.41) is 3.04. The fourth-order valence-corrected chi connectivity index (χ4v) is 3.08. The lowest BCUT2D eigenvalue weighted by atomic mass is 9.99. The minimum absolute atomic E-state index is 0.0153. The van der Waals surface area contributed by atoms with Crippen LogP contribution in [-0.2, 0) is 11.3 Å². The Balaban J connectivity index is 1.85. The number of ether oxygens (including phenoxy) is 2. The number of carbonyl (C=O) groups is 1. The molecule has 2 rings (SSSR count). The number of methoxy groups -OCH3 is 1. The number of rotatable bonds is 7. The van der Waals surface area contributed by atoms with E-state index >= 15 is 0 Å². The average Bonchev–Trinajstić information content (AvgIpc) is 2.59. The zero-order valence-electron chi connectivity index (χ0n) is 15.1.